The lowest BCUT2D eigenvalue weighted by Crippen LogP contribution is -2.35. The summed E-state index contributed by atoms with van der Waals surface area (Å²) in [5, 5.41) is 9.72. The van der Waals surface area contributed by atoms with Crippen molar-refractivity contribution < 1.29 is 19.3 Å². The van der Waals surface area contributed by atoms with E-state index in [1.54, 1.807) is 23.5 Å². The van der Waals surface area contributed by atoms with Crippen LogP contribution in [-0.2, 0) is 20.8 Å². The number of rotatable bonds is 6. The molecular formula is C18H24O4S2. The topological polar surface area (TPSA) is 47.9 Å². The molecule has 24 heavy (non-hydrogen) atoms. The summed E-state index contributed by atoms with van der Waals surface area (Å²) in [6, 6.07) is 10.1. The fourth-order valence-electron chi connectivity index (χ4n) is 2.81. The molecule has 0 aliphatic carbocycles. The van der Waals surface area contributed by atoms with E-state index in [0.717, 1.165) is 26.9 Å². The molecule has 1 saturated heterocycles. The molecule has 1 aromatic rings. The van der Waals surface area contributed by atoms with Gasteiger partial charge in [0.1, 0.15) is 12.2 Å². The minimum Gasteiger partial charge on any atom is -0.391 e. The molecule has 1 N–H and O–H groups in total. The molecule has 1 fully saturated rings. The van der Waals surface area contributed by atoms with Crippen molar-refractivity contribution in [2.45, 2.75) is 38.4 Å². The second-order valence-electron chi connectivity index (χ2n) is 6.23. The van der Waals surface area contributed by atoms with Crippen LogP contribution >= 0.6 is 23.5 Å². The van der Waals surface area contributed by atoms with Gasteiger partial charge in [0.05, 0.1) is 19.8 Å². The van der Waals surface area contributed by atoms with Crippen LogP contribution in [0.2, 0.25) is 0 Å². The standard InChI is InChI=1S/C18H24O4S2/c1-18(2)21-12-14(22-18)16(17-15(10-19)23-8-9-24-17)20-11-13-6-4-3-5-7-13/h3-7,14,16,19H,8-12H2,1-2H3/t14-,16+/m0/s1. The van der Waals surface area contributed by atoms with E-state index in [1.807, 2.05) is 32.0 Å². The molecule has 2 atom stereocenters. The van der Waals surface area contributed by atoms with E-state index in [1.165, 1.54) is 0 Å². The first kappa shape index (κ1) is 18.3. The molecule has 0 amide bonds. The van der Waals surface area contributed by atoms with Crippen LogP contribution in [0.5, 0.6) is 0 Å². The van der Waals surface area contributed by atoms with Gasteiger partial charge in [-0.1, -0.05) is 30.3 Å². The molecule has 0 radical (unpaired) electrons. The van der Waals surface area contributed by atoms with Crippen molar-refractivity contribution >= 4 is 23.5 Å². The first-order chi connectivity index (χ1) is 11.6. The molecule has 2 aliphatic heterocycles. The van der Waals surface area contributed by atoms with E-state index in [-0.39, 0.29) is 18.8 Å². The lowest BCUT2D eigenvalue weighted by atomic mass is 10.1. The quantitative estimate of drug-likeness (QED) is 0.830. The Kier molecular flexibility index (Phi) is 6.29. The van der Waals surface area contributed by atoms with Gasteiger partial charge < -0.3 is 19.3 Å². The maximum Gasteiger partial charge on any atom is 0.163 e. The Balaban J connectivity index is 1.79. The Morgan fingerprint density at radius 2 is 2.00 bits per heavy atom. The second-order valence-corrected chi connectivity index (χ2v) is 8.55. The Morgan fingerprint density at radius 3 is 2.67 bits per heavy atom. The minimum atomic E-state index is -0.592. The number of ether oxygens (including phenoxy) is 3. The molecule has 4 nitrogen and oxygen atoms in total. The van der Waals surface area contributed by atoms with E-state index in [2.05, 4.69) is 12.1 Å². The van der Waals surface area contributed by atoms with Gasteiger partial charge in [0.2, 0.25) is 0 Å². The van der Waals surface area contributed by atoms with Crippen LogP contribution in [0.25, 0.3) is 0 Å². The van der Waals surface area contributed by atoms with Crippen molar-refractivity contribution in [1.82, 2.24) is 0 Å². The van der Waals surface area contributed by atoms with Gasteiger partial charge in [-0.15, -0.1) is 23.5 Å². The number of benzene rings is 1. The lowest BCUT2D eigenvalue weighted by molar-refractivity contribution is -0.153. The van der Waals surface area contributed by atoms with E-state index in [0.29, 0.717) is 13.2 Å². The number of aliphatic hydroxyl groups is 1. The van der Waals surface area contributed by atoms with Gasteiger partial charge in [0, 0.05) is 21.3 Å². The first-order valence-electron chi connectivity index (χ1n) is 8.16. The van der Waals surface area contributed by atoms with Gasteiger partial charge in [0.15, 0.2) is 5.79 Å². The highest BCUT2D eigenvalue weighted by molar-refractivity contribution is 8.10. The molecule has 0 aromatic heterocycles. The smallest absolute Gasteiger partial charge is 0.163 e. The van der Waals surface area contributed by atoms with Crippen LogP contribution in [0.4, 0.5) is 0 Å². The van der Waals surface area contributed by atoms with Gasteiger partial charge >= 0.3 is 0 Å². The van der Waals surface area contributed by atoms with Gasteiger partial charge in [-0.2, -0.15) is 0 Å². The molecule has 0 saturated carbocycles. The van der Waals surface area contributed by atoms with Crippen molar-refractivity contribution in [2.24, 2.45) is 0 Å². The zero-order chi connectivity index (χ0) is 17.0. The van der Waals surface area contributed by atoms with Gasteiger partial charge in [0.25, 0.3) is 0 Å². The lowest BCUT2D eigenvalue weighted by Gasteiger charge is -2.30. The molecule has 0 spiro atoms. The molecule has 3 rings (SSSR count). The maximum absolute atomic E-state index is 9.72. The number of aliphatic hydroxyl groups excluding tert-OH is 1. The van der Waals surface area contributed by atoms with E-state index >= 15 is 0 Å². The summed E-state index contributed by atoms with van der Waals surface area (Å²) in [6.45, 7) is 4.91. The van der Waals surface area contributed by atoms with Crippen molar-refractivity contribution in [2.75, 3.05) is 24.7 Å². The molecule has 0 unspecified atom stereocenters. The fourth-order valence-corrected chi connectivity index (χ4v) is 5.26. The Hall–Kier alpha value is -0.500. The highest BCUT2D eigenvalue weighted by Gasteiger charge is 2.40. The van der Waals surface area contributed by atoms with Gasteiger partial charge in [-0.25, -0.2) is 0 Å². The number of thioether (sulfide) groups is 2. The highest BCUT2D eigenvalue weighted by Crippen LogP contribution is 2.40. The highest BCUT2D eigenvalue weighted by atomic mass is 32.2. The van der Waals surface area contributed by atoms with E-state index < -0.39 is 5.79 Å². The molecule has 1 aromatic carbocycles. The number of hydrogen-bond donors (Lipinski definition) is 1. The Morgan fingerprint density at radius 1 is 1.25 bits per heavy atom. The third-order valence-electron chi connectivity index (χ3n) is 3.93. The molecule has 0 bridgehead atoms. The largest absolute Gasteiger partial charge is 0.391 e. The monoisotopic (exact) mass is 368 g/mol. The Bertz CT molecular complexity index is 574. The van der Waals surface area contributed by atoms with Crippen LogP contribution in [0.15, 0.2) is 40.1 Å². The van der Waals surface area contributed by atoms with E-state index in [4.69, 9.17) is 14.2 Å². The summed E-state index contributed by atoms with van der Waals surface area (Å²) in [7, 11) is 0. The molecule has 6 heteroatoms. The van der Waals surface area contributed by atoms with Crippen molar-refractivity contribution in [3.05, 3.63) is 45.7 Å². The zero-order valence-corrected chi connectivity index (χ0v) is 15.7. The summed E-state index contributed by atoms with van der Waals surface area (Å²) in [6.07, 6.45) is -0.376. The summed E-state index contributed by atoms with van der Waals surface area (Å²) in [4.78, 5) is 2.09. The minimum absolute atomic E-state index is 0.0508. The number of hydrogen-bond acceptors (Lipinski definition) is 6. The fraction of sp³-hybridized carbons (Fsp3) is 0.556. The third kappa shape index (κ3) is 4.56. The van der Waals surface area contributed by atoms with Gasteiger partial charge in [-0.3, -0.25) is 0 Å². The van der Waals surface area contributed by atoms with Crippen LogP contribution in [0.3, 0.4) is 0 Å². The van der Waals surface area contributed by atoms with Gasteiger partial charge in [-0.05, 0) is 19.4 Å². The van der Waals surface area contributed by atoms with Crippen LogP contribution in [0.1, 0.15) is 19.4 Å². The van der Waals surface area contributed by atoms with Crippen LogP contribution in [0, 0.1) is 0 Å². The van der Waals surface area contributed by atoms with Crippen molar-refractivity contribution in [3.8, 4) is 0 Å². The summed E-state index contributed by atoms with van der Waals surface area (Å²) >= 11 is 3.48. The van der Waals surface area contributed by atoms with Crippen LogP contribution < -0.4 is 0 Å². The van der Waals surface area contributed by atoms with Crippen molar-refractivity contribution in [1.29, 1.82) is 0 Å². The predicted molar refractivity (Wildman–Crippen MR) is 99.0 cm³/mol. The predicted octanol–water partition coefficient (Wildman–Crippen LogP) is 3.41. The maximum atomic E-state index is 9.72. The molecule has 132 valence electrons. The molecular weight excluding hydrogens is 344 g/mol. The Labute approximate surface area is 151 Å². The average Bonchev–Trinajstić information content (AvgIpc) is 2.96. The third-order valence-corrected chi connectivity index (χ3v) is 6.63. The first-order valence-corrected chi connectivity index (χ1v) is 10.1. The average molecular weight is 369 g/mol. The normalized spacial score (nSPS) is 25.0. The summed E-state index contributed by atoms with van der Waals surface area (Å²) in [5.74, 6) is 1.44. The van der Waals surface area contributed by atoms with E-state index in [9.17, 15) is 5.11 Å². The molecule has 2 aliphatic rings. The summed E-state index contributed by atoms with van der Waals surface area (Å²) in [5.41, 5.74) is 1.13. The molecule has 2 heterocycles. The zero-order valence-electron chi connectivity index (χ0n) is 14.1. The summed E-state index contributed by atoms with van der Waals surface area (Å²) < 4.78 is 18.1. The van der Waals surface area contributed by atoms with Crippen molar-refractivity contribution in [3.63, 3.8) is 0 Å². The van der Waals surface area contributed by atoms with Crippen LogP contribution in [-0.4, -0.2) is 47.8 Å². The second kappa shape index (κ2) is 8.25. The SMILES string of the molecule is CC1(C)OC[C@@H]([C@@H](OCc2ccccc2)C2=C(CO)SCCS2)O1.